The minimum absolute atomic E-state index is 1.06. The molecule has 3 heteroatoms. The fraction of sp³-hybridized carbons (Fsp3) is 0.0435. The molecule has 0 bridgehead atoms. The Morgan fingerprint density at radius 3 is 1.58 bits per heavy atom. The molecule has 0 saturated heterocycles. The van der Waals surface area contributed by atoms with Crippen LogP contribution < -0.4 is 0 Å². The van der Waals surface area contributed by atoms with Gasteiger partial charge in [-0.1, -0.05) is 115 Å². The van der Waals surface area contributed by atoms with Crippen molar-refractivity contribution in [2.75, 3.05) is 0 Å². The lowest BCUT2D eigenvalue weighted by atomic mass is 10.1. The molecule has 0 aliphatic heterocycles. The maximum absolute atomic E-state index is 3.70. The van der Waals surface area contributed by atoms with E-state index in [-0.39, 0.29) is 0 Å². The average molecular weight is 533 g/mol. The molecule has 26 heavy (non-hydrogen) atoms. The second-order valence-electron chi connectivity index (χ2n) is 5.94. The molecule has 0 aliphatic carbocycles. The molecule has 0 spiro atoms. The number of hydrogen-bond acceptors (Lipinski definition) is 0. The van der Waals surface area contributed by atoms with Crippen molar-refractivity contribution in [3.8, 4) is 0 Å². The van der Waals surface area contributed by atoms with Gasteiger partial charge in [0, 0.05) is 13.4 Å². The van der Waals surface area contributed by atoms with Crippen LogP contribution in [0.3, 0.4) is 0 Å². The van der Waals surface area contributed by atoms with Crippen LogP contribution in [-0.4, -0.2) is 0 Å². The van der Waals surface area contributed by atoms with Gasteiger partial charge in [-0.2, -0.15) is 0 Å². The van der Waals surface area contributed by atoms with Crippen LogP contribution in [0.1, 0.15) is 27.8 Å². The van der Waals surface area contributed by atoms with Crippen LogP contribution in [-0.2, 0) is 0 Å². The number of rotatable bonds is 4. The third-order valence-electron chi connectivity index (χ3n) is 4.09. The predicted octanol–water partition coefficient (Wildman–Crippen LogP) is 8.62. The molecule has 0 nitrogen and oxygen atoms in total. The summed E-state index contributed by atoms with van der Waals surface area (Å²) in [5.41, 5.74) is 5.92. The Kier molecular flexibility index (Phi) is 6.68. The Bertz CT molecular complexity index is 903. The molecule has 0 N–H and O–H groups in total. The molecule has 3 aromatic carbocycles. The van der Waals surface area contributed by atoms with E-state index in [1.54, 1.807) is 0 Å². The van der Waals surface area contributed by atoms with Crippen molar-refractivity contribution in [1.82, 2.24) is 0 Å². The molecule has 130 valence electrons. The highest BCUT2D eigenvalue weighted by Gasteiger charge is 2.04. The Balaban J connectivity index is 1.87. The number of benzene rings is 3. The first-order valence-electron chi connectivity index (χ1n) is 8.20. The number of halogens is 3. The Hall–Kier alpha value is -1.42. The summed E-state index contributed by atoms with van der Waals surface area (Å²) in [7, 11) is 0. The van der Waals surface area contributed by atoms with Gasteiger partial charge in [0.15, 0.2) is 0 Å². The van der Waals surface area contributed by atoms with Gasteiger partial charge in [-0.25, -0.2) is 0 Å². The maximum Gasteiger partial charge on any atom is 0.0254 e. The molecule has 0 atom stereocenters. The van der Waals surface area contributed by atoms with E-state index in [4.69, 9.17) is 0 Å². The normalized spacial score (nSPS) is 11.5. The minimum atomic E-state index is 1.06. The summed E-state index contributed by atoms with van der Waals surface area (Å²) in [4.78, 5) is 0. The summed E-state index contributed by atoms with van der Waals surface area (Å²) in [6, 6.07) is 20.8. The molecule has 0 unspecified atom stereocenters. The first-order chi connectivity index (χ1) is 12.5. The molecule has 0 aliphatic rings. The fourth-order valence-corrected chi connectivity index (χ4v) is 3.98. The van der Waals surface area contributed by atoms with Gasteiger partial charge >= 0.3 is 0 Å². The van der Waals surface area contributed by atoms with E-state index in [1.165, 1.54) is 11.1 Å². The largest absolute Gasteiger partial charge is 0.0620 e. The van der Waals surface area contributed by atoms with Crippen LogP contribution in [0.25, 0.3) is 24.3 Å². The molecule has 0 amide bonds. The lowest BCUT2D eigenvalue weighted by molar-refractivity contribution is 1.44. The lowest BCUT2D eigenvalue weighted by Gasteiger charge is -2.06. The Morgan fingerprint density at radius 2 is 1.00 bits per heavy atom. The summed E-state index contributed by atoms with van der Waals surface area (Å²) >= 11 is 11.0. The van der Waals surface area contributed by atoms with Gasteiger partial charge in [-0.15, -0.1) is 0 Å². The fourth-order valence-electron chi connectivity index (χ4n) is 2.58. The van der Waals surface area contributed by atoms with Crippen molar-refractivity contribution in [3.05, 3.63) is 102 Å². The van der Waals surface area contributed by atoms with E-state index in [1.807, 2.05) is 18.2 Å². The molecule has 3 aromatic rings. The average Bonchev–Trinajstić information content (AvgIpc) is 2.63. The van der Waals surface area contributed by atoms with Crippen LogP contribution in [0.2, 0.25) is 0 Å². The first kappa shape index (κ1) is 19.3. The zero-order valence-corrected chi connectivity index (χ0v) is 19.0. The molecule has 0 heterocycles. The third kappa shape index (κ3) is 4.85. The van der Waals surface area contributed by atoms with Crippen LogP contribution in [0.15, 0.2) is 74.1 Å². The van der Waals surface area contributed by atoms with E-state index < -0.39 is 0 Å². The Morgan fingerprint density at radius 1 is 0.538 bits per heavy atom. The van der Waals surface area contributed by atoms with Gasteiger partial charge < -0.3 is 0 Å². The van der Waals surface area contributed by atoms with Gasteiger partial charge in [0.1, 0.15) is 0 Å². The molecule has 0 radical (unpaired) electrons. The summed E-state index contributed by atoms with van der Waals surface area (Å²) in [6.07, 6.45) is 8.51. The number of hydrogen-bond donors (Lipinski definition) is 0. The van der Waals surface area contributed by atoms with Crippen molar-refractivity contribution in [1.29, 1.82) is 0 Å². The zero-order chi connectivity index (χ0) is 18.5. The molecular weight excluding hydrogens is 516 g/mol. The van der Waals surface area contributed by atoms with Gasteiger partial charge in [-0.3, -0.25) is 0 Å². The summed E-state index contributed by atoms with van der Waals surface area (Å²) in [6.45, 7) is 2.13. The second-order valence-corrected chi connectivity index (χ2v) is 8.50. The van der Waals surface area contributed by atoms with E-state index >= 15 is 0 Å². The van der Waals surface area contributed by atoms with Gasteiger partial charge in [0.25, 0.3) is 0 Å². The van der Waals surface area contributed by atoms with Gasteiger partial charge in [0.05, 0.1) is 0 Å². The van der Waals surface area contributed by atoms with E-state index in [9.17, 15) is 0 Å². The van der Waals surface area contributed by atoms with Crippen molar-refractivity contribution in [2.24, 2.45) is 0 Å². The second kappa shape index (κ2) is 8.98. The molecule has 0 saturated carbocycles. The predicted molar refractivity (Wildman–Crippen MR) is 125 cm³/mol. The molecule has 0 aromatic heterocycles. The van der Waals surface area contributed by atoms with Gasteiger partial charge in [0.2, 0.25) is 0 Å². The topological polar surface area (TPSA) is 0 Å². The molecule has 0 fully saturated rings. The van der Waals surface area contributed by atoms with E-state index in [2.05, 4.69) is 121 Å². The summed E-state index contributed by atoms with van der Waals surface area (Å²) in [5, 5.41) is 0. The molecule has 3 rings (SSSR count). The van der Waals surface area contributed by atoms with Crippen LogP contribution in [0.5, 0.6) is 0 Å². The van der Waals surface area contributed by atoms with Crippen LogP contribution >= 0.6 is 47.8 Å². The molecular formula is C23H17Br3. The minimum Gasteiger partial charge on any atom is -0.0620 e. The first-order valence-corrected chi connectivity index (χ1v) is 10.6. The quantitative estimate of drug-likeness (QED) is 0.295. The van der Waals surface area contributed by atoms with Crippen molar-refractivity contribution < 1.29 is 0 Å². The summed E-state index contributed by atoms with van der Waals surface area (Å²) < 4.78 is 3.22. The van der Waals surface area contributed by atoms with Crippen LogP contribution in [0.4, 0.5) is 0 Å². The van der Waals surface area contributed by atoms with Crippen molar-refractivity contribution >= 4 is 72.1 Å². The number of aryl methyl sites for hydroxylation is 1. The Labute approximate surface area is 180 Å². The van der Waals surface area contributed by atoms with Crippen molar-refractivity contribution in [2.45, 2.75) is 6.92 Å². The standard InChI is InChI=1S/C23H17Br3/c1-16-6-2-3-7-17(16)10-12-19-14-23(26)20(15-22(19)25)13-11-18-8-4-5-9-21(18)24/h2-15H,1H3/b12-10-,13-11-. The smallest absolute Gasteiger partial charge is 0.0254 e. The van der Waals surface area contributed by atoms with Crippen LogP contribution in [0, 0.1) is 6.92 Å². The monoisotopic (exact) mass is 530 g/mol. The highest BCUT2D eigenvalue weighted by molar-refractivity contribution is 9.11. The van der Waals surface area contributed by atoms with E-state index in [0.29, 0.717) is 0 Å². The van der Waals surface area contributed by atoms with Gasteiger partial charge in [-0.05, 0) is 52.9 Å². The van der Waals surface area contributed by atoms with E-state index in [0.717, 1.165) is 30.1 Å². The third-order valence-corrected chi connectivity index (χ3v) is 6.19. The lowest BCUT2D eigenvalue weighted by Crippen LogP contribution is -1.83. The zero-order valence-electron chi connectivity index (χ0n) is 14.2. The maximum atomic E-state index is 3.70. The highest BCUT2D eigenvalue weighted by Crippen LogP contribution is 2.29. The van der Waals surface area contributed by atoms with Crippen molar-refractivity contribution in [3.63, 3.8) is 0 Å². The summed E-state index contributed by atoms with van der Waals surface area (Å²) in [5.74, 6) is 0. The SMILES string of the molecule is Cc1ccccc1/C=C\c1cc(Br)c(/C=C\c2ccccc2Br)cc1Br. The highest BCUT2D eigenvalue weighted by atomic mass is 79.9.